The van der Waals surface area contributed by atoms with Gasteiger partial charge in [0.2, 0.25) is 0 Å². The smallest absolute Gasteiger partial charge is 0.0594 e. The summed E-state index contributed by atoms with van der Waals surface area (Å²) in [6.45, 7) is 8.17. The van der Waals surface area contributed by atoms with Gasteiger partial charge >= 0.3 is 0 Å². The lowest BCUT2D eigenvalue weighted by molar-refractivity contribution is 0.0384. The average molecular weight is 234 g/mol. The molecule has 0 radical (unpaired) electrons. The quantitative estimate of drug-likeness (QED) is 0.843. The lowest BCUT2D eigenvalue weighted by atomic mass is 10.1. The van der Waals surface area contributed by atoms with Gasteiger partial charge < -0.3 is 10.1 Å². The van der Waals surface area contributed by atoms with Crippen LogP contribution in [0.5, 0.6) is 0 Å². The molecule has 2 rings (SSSR count). The van der Waals surface area contributed by atoms with Crippen molar-refractivity contribution in [3.05, 3.63) is 29.8 Å². The molecule has 3 heteroatoms. The standard InChI is InChI=1S/C14H22N2O/c1-2-15-14-5-3-13(4-6-14)7-8-16-9-11-17-12-10-16/h3-6,15H,2,7-12H2,1H3. The number of benzene rings is 1. The Kier molecular flexibility index (Phi) is 4.83. The summed E-state index contributed by atoms with van der Waals surface area (Å²) in [4.78, 5) is 2.47. The maximum absolute atomic E-state index is 5.34. The van der Waals surface area contributed by atoms with Gasteiger partial charge in [-0.3, -0.25) is 4.90 Å². The summed E-state index contributed by atoms with van der Waals surface area (Å²) in [5.41, 5.74) is 2.63. The highest BCUT2D eigenvalue weighted by atomic mass is 16.5. The minimum Gasteiger partial charge on any atom is -0.385 e. The molecule has 1 N–H and O–H groups in total. The van der Waals surface area contributed by atoms with Crippen molar-refractivity contribution in [1.82, 2.24) is 4.90 Å². The third-order valence-electron chi connectivity index (χ3n) is 3.16. The van der Waals surface area contributed by atoms with Crippen molar-refractivity contribution in [1.29, 1.82) is 0 Å². The van der Waals surface area contributed by atoms with E-state index < -0.39 is 0 Å². The van der Waals surface area contributed by atoms with Gasteiger partial charge in [0.15, 0.2) is 0 Å². The molecule has 94 valence electrons. The molecule has 0 unspecified atom stereocenters. The topological polar surface area (TPSA) is 24.5 Å². The van der Waals surface area contributed by atoms with Crippen LogP contribution in [0.1, 0.15) is 12.5 Å². The van der Waals surface area contributed by atoms with Crippen molar-refractivity contribution in [3.63, 3.8) is 0 Å². The van der Waals surface area contributed by atoms with Gasteiger partial charge in [0.25, 0.3) is 0 Å². The van der Waals surface area contributed by atoms with E-state index in [-0.39, 0.29) is 0 Å². The van der Waals surface area contributed by atoms with Gasteiger partial charge in [-0.1, -0.05) is 12.1 Å². The van der Waals surface area contributed by atoms with Gasteiger partial charge in [-0.2, -0.15) is 0 Å². The Morgan fingerprint density at radius 1 is 1.18 bits per heavy atom. The molecule has 0 amide bonds. The molecule has 1 aromatic carbocycles. The van der Waals surface area contributed by atoms with E-state index in [2.05, 4.69) is 41.4 Å². The normalized spacial score (nSPS) is 17.0. The molecule has 1 heterocycles. The fourth-order valence-electron chi connectivity index (χ4n) is 2.11. The third-order valence-corrected chi connectivity index (χ3v) is 3.16. The van der Waals surface area contributed by atoms with Crippen LogP contribution in [-0.2, 0) is 11.2 Å². The first kappa shape index (κ1) is 12.4. The molecule has 1 aromatic rings. The van der Waals surface area contributed by atoms with Crippen LogP contribution >= 0.6 is 0 Å². The number of nitrogens with one attached hydrogen (secondary N) is 1. The molecule has 0 atom stereocenters. The SMILES string of the molecule is CCNc1ccc(CCN2CCOCC2)cc1. The molecule has 0 saturated carbocycles. The first-order valence-corrected chi connectivity index (χ1v) is 6.51. The first-order valence-electron chi connectivity index (χ1n) is 6.51. The summed E-state index contributed by atoms with van der Waals surface area (Å²) in [5, 5.41) is 3.31. The van der Waals surface area contributed by atoms with Gasteiger partial charge in [0.05, 0.1) is 13.2 Å². The number of morpholine rings is 1. The average Bonchev–Trinajstić information content (AvgIpc) is 2.40. The summed E-state index contributed by atoms with van der Waals surface area (Å²) in [5.74, 6) is 0. The maximum Gasteiger partial charge on any atom is 0.0594 e. The van der Waals surface area contributed by atoms with E-state index in [1.165, 1.54) is 11.3 Å². The predicted octanol–water partition coefficient (Wildman–Crippen LogP) is 1.99. The van der Waals surface area contributed by atoms with Crippen LogP contribution < -0.4 is 5.32 Å². The van der Waals surface area contributed by atoms with Crippen molar-refractivity contribution in [2.75, 3.05) is 44.7 Å². The zero-order chi connectivity index (χ0) is 11.9. The monoisotopic (exact) mass is 234 g/mol. The summed E-state index contributed by atoms with van der Waals surface area (Å²) in [6.07, 6.45) is 1.13. The highest BCUT2D eigenvalue weighted by Crippen LogP contribution is 2.10. The van der Waals surface area contributed by atoms with Crippen LogP contribution in [0.2, 0.25) is 0 Å². The second kappa shape index (κ2) is 6.62. The van der Waals surface area contributed by atoms with Gasteiger partial charge in [-0.25, -0.2) is 0 Å². The van der Waals surface area contributed by atoms with E-state index >= 15 is 0 Å². The second-order valence-corrected chi connectivity index (χ2v) is 4.43. The molecule has 1 aliphatic heterocycles. The summed E-state index contributed by atoms with van der Waals surface area (Å²) in [6, 6.07) is 8.77. The van der Waals surface area contributed by atoms with Crippen molar-refractivity contribution < 1.29 is 4.74 Å². The zero-order valence-electron chi connectivity index (χ0n) is 10.6. The third kappa shape index (κ3) is 4.02. The molecule has 1 fully saturated rings. The van der Waals surface area contributed by atoms with Crippen LogP contribution in [-0.4, -0.2) is 44.3 Å². The van der Waals surface area contributed by atoms with Crippen LogP contribution in [0.15, 0.2) is 24.3 Å². The minimum absolute atomic E-state index is 0.888. The van der Waals surface area contributed by atoms with E-state index in [1.54, 1.807) is 0 Å². The molecule has 1 saturated heterocycles. The molecule has 1 aliphatic rings. The number of rotatable bonds is 5. The van der Waals surface area contributed by atoms with Crippen LogP contribution in [0.3, 0.4) is 0 Å². The lowest BCUT2D eigenvalue weighted by Crippen LogP contribution is -2.37. The summed E-state index contributed by atoms with van der Waals surface area (Å²) < 4.78 is 5.34. The predicted molar refractivity (Wildman–Crippen MR) is 71.6 cm³/mol. The van der Waals surface area contributed by atoms with Gasteiger partial charge in [0, 0.05) is 31.9 Å². The molecule has 0 aliphatic carbocycles. The number of nitrogens with zero attached hydrogens (tertiary/aromatic N) is 1. The Morgan fingerprint density at radius 3 is 2.53 bits per heavy atom. The highest BCUT2D eigenvalue weighted by Gasteiger charge is 2.09. The molecule has 0 spiro atoms. The van der Waals surface area contributed by atoms with Crippen molar-refractivity contribution in [2.45, 2.75) is 13.3 Å². The highest BCUT2D eigenvalue weighted by molar-refractivity contribution is 5.44. The Morgan fingerprint density at radius 2 is 1.88 bits per heavy atom. The second-order valence-electron chi connectivity index (χ2n) is 4.43. The van der Waals surface area contributed by atoms with E-state index in [9.17, 15) is 0 Å². The molecule has 0 bridgehead atoms. The van der Waals surface area contributed by atoms with Crippen LogP contribution in [0.4, 0.5) is 5.69 Å². The van der Waals surface area contributed by atoms with E-state index in [4.69, 9.17) is 4.74 Å². The maximum atomic E-state index is 5.34. The Bertz CT molecular complexity index is 317. The molecule has 3 nitrogen and oxygen atoms in total. The molecular weight excluding hydrogens is 212 g/mol. The van der Waals surface area contributed by atoms with E-state index in [1.807, 2.05) is 0 Å². The fourth-order valence-corrected chi connectivity index (χ4v) is 2.11. The number of hydrogen-bond acceptors (Lipinski definition) is 3. The van der Waals surface area contributed by atoms with E-state index in [0.717, 1.165) is 45.8 Å². The van der Waals surface area contributed by atoms with Gasteiger partial charge in [-0.15, -0.1) is 0 Å². The Balaban J connectivity index is 1.77. The lowest BCUT2D eigenvalue weighted by Gasteiger charge is -2.26. The number of anilines is 1. The molecule has 0 aromatic heterocycles. The van der Waals surface area contributed by atoms with Crippen molar-refractivity contribution in [3.8, 4) is 0 Å². The largest absolute Gasteiger partial charge is 0.385 e. The van der Waals surface area contributed by atoms with Crippen LogP contribution in [0, 0.1) is 0 Å². The summed E-state index contributed by atoms with van der Waals surface area (Å²) >= 11 is 0. The van der Waals surface area contributed by atoms with Crippen molar-refractivity contribution >= 4 is 5.69 Å². The summed E-state index contributed by atoms with van der Waals surface area (Å²) in [7, 11) is 0. The fraction of sp³-hybridized carbons (Fsp3) is 0.571. The Hall–Kier alpha value is -1.06. The van der Waals surface area contributed by atoms with Gasteiger partial charge in [0.1, 0.15) is 0 Å². The minimum atomic E-state index is 0.888. The van der Waals surface area contributed by atoms with Crippen molar-refractivity contribution in [2.24, 2.45) is 0 Å². The first-order chi connectivity index (χ1) is 8.38. The molecular formula is C14H22N2O. The van der Waals surface area contributed by atoms with Crippen LogP contribution in [0.25, 0.3) is 0 Å². The Labute approximate surface area is 104 Å². The van der Waals surface area contributed by atoms with E-state index in [0.29, 0.717) is 0 Å². The zero-order valence-corrected chi connectivity index (χ0v) is 10.6. The number of hydrogen-bond donors (Lipinski definition) is 1. The molecule has 17 heavy (non-hydrogen) atoms. The number of ether oxygens (including phenoxy) is 1. The van der Waals surface area contributed by atoms with Gasteiger partial charge in [-0.05, 0) is 31.0 Å².